The summed E-state index contributed by atoms with van der Waals surface area (Å²) in [5, 5.41) is 9.01. The Morgan fingerprint density at radius 2 is 1.92 bits per heavy atom. The average molecular weight is 166 g/mol. The smallest absolute Gasteiger partial charge is 0.115 e. The van der Waals surface area contributed by atoms with Gasteiger partial charge in [-0.3, -0.25) is 0 Å². The summed E-state index contributed by atoms with van der Waals surface area (Å²) < 4.78 is 0. The summed E-state index contributed by atoms with van der Waals surface area (Å²) in [6.45, 7) is 4.21. The van der Waals surface area contributed by atoms with Gasteiger partial charge < -0.3 is 5.11 Å². The summed E-state index contributed by atoms with van der Waals surface area (Å²) in [5.41, 5.74) is 0.988. The van der Waals surface area contributed by atoms with Crippen molar-refractivity contribution in [3.05, 3.63) is 24.3 Å². The number of hydrogen-bond acceptors (Lipinski definition) is 3. The second kappa shape index (κ2) is 3.63. The van der Waals surface area contributed by atoms with Gasteiger partial charge in [-0.05, 0) is 17.4 Å². The quantitative estimate of drug-likeness (QED) is 0.729. The summed E-state index contributed by atoms with van der Waals surface area (Å²) in [4.78, 5) is 7.82. The van der Waals surface area contributed by atoms with Crippen LogP contribution in [0.4, 0.5) is 0 Å². The Hall–Kier alpha value is -0.960. The molecule has 3 nitrogen and oxygen atoms in total. The Labute approximate surface area is 72.5 Å². The standard InChI is InChI=1S/C9H14N2O/c1-9(2,6-12)3-8-4-10-7-11-5-8/h4-5,7,12H,3,6H2,1-2H3. The largest absolute Gasteiger partial charge is 0.396 e. The van der Waals surface area contributed by atoms with E-state index in [2.05, 4.69) is 9.97 Å². The first-order valence-corrected chi connectivity index (χ1v) is 3.99. The van der Waals surface area contributed by atoms with Crippen molar-refractivity contribution in [2.75, 3.05) is 6.61 Å². The Kier molecular flexibility index (Phi) is 2.76. The van der Waals surface area contributed by atoms with Gasteiger partial charge in [0, 0.05) is 19.0 Å². The van der Waals surface area contributed by atoms with Crippen LogP contribution in [0.5, 0.6) is 0 Å². The monoisotopic (exact) mass is 166 g/mol. The van der Waals surface area contributed by atoms with Crippen LogP contribution in [0.2, 0.25) is 0 Å². The van der Waals surface area contributed by atoms with E-state index in [0.29, 0.717) is 0 Å². The van der Waals surface area contributed by atoms with Crippen LogP contribution in [0.15, 0.2) is 18.7 Å². The number of aromatic nitrogens is 2. The van der Waals surface area contributed by atoms with Gasteiger partial charge in [0.15, 0.2) is 0 Å². The normalized spacial score (nSPS) is 11.6. The molecule has 0 atom stereocenters. The number of aliphatic hydroxyl groups excluding tert-OH is 1. The Morgan fingerprint density at radius 3 is 2.42 bits per heavy atom. The zero-order valence-electron chi connectivity index (χ0n) is 7.49. The number of aliphatic hydroxyl groups is 1. The van der Waals surface area contributed by atoms with Crippen molar-refractivity contribution < 1.29 is 5.11 Å². The van der Waals surface area contributed by atoms with E-state index < -0.39 is 0 Å². The topological polar surface area (TPSA) is 46.0 Å². The molecule has 0 aliphatic heterocycles. The van der Waals surface area contributed by atoms with Crippen LogP contribution in [-0.2, 0) is 6.42 Å². The average Bonchev–Trinajstić information content (AvgIpc) is 2.06. The van der Waals surface area contributed by atoms with Gasteiger partial charge >= 0.3 is 0 Å². The van der Waals surface area contributed by atoms with Crippen LogP contribution in [-0.4, -0.2) is 21.7 Å². The molecule has 0 saturated carbocycles. The Morgan fingerprint density at radius 1 is 1.33 bits per heavy atom. The van der Waals surface area contributed by atoms with Crippen molar-refractivity contribution in [1.29, 1.82) is 0 Å². The number of nitrogens with zero attached hydrogens (tertiary/aromatic N) is 2. The van der Waals surface area contributed by atoms with Crippen molar-refractivity contribution in [3.63, 3.8) is 0 Å². The third kappa shape index (κ3) is 2.58. The highest BCUT2D eigenvalue weighted by Crippen LogP contribution is 2.19. The van der Waals surface area contributed by atoms with Crippen LogP contribution < -0.4 is 0 Å². The Balaban J connectivity index is 2.64. The number of hydrogen-bond donors (Lipinski definition) is 1. The molecule has 1 aromatic heterocycles. The second-order valence-electron chi connectivity index (χ2n) is 3.75. The maximum atomic E-state index is 9.01. The zero-order chi connectivity index (χ0) is 9.03. The predicted molar refractivity (Wildman–Crippen MR) is 46.6 cm³/mol. The van der Waals surface area contributed by atoms with E-state index in [1.165, 1.54) is 6.33 Å². The summed E-state index contributed by atoms with van der Waals surface area (Å²) >= 11 is 0. The zero-order valence-corrected chi connectivity index (χ0v) is 7.49. The molecule has 0 saturated heterocycles. The molecule has 0 bridgehead atoms. The Bertz CT molecular complexity index is 234. The fourth-order valence-corrected chi connectivity index (χ4v) is 1.03. The maximum absolute atomic E-state index is 9.01. The van der Waals surface area contributed by atoms with E-state index in [0.717, 1.165) is 12.0 Å². The molecule has 0 spiro atoms. The highest BCUT2D eigenvalue weighted by molar-refractivity contribution is 5.05. The molecule has 1 N–H and O–H groups in total. The molecule has 12 heavy (non-hydrogen) atoms. The van der Waals surface area contributed by atoms with Gasteiger partial charge in [-0.1, -0.05) is 13.8 Å². The molecule has 1 rings (SSSR count). The lowest BCUT2D eigenvalue weighted by Gasteiger charge is -2.20. The third-order valence-corrected chi connectivity index (χ3v) is 1.72. The number of rotatable bonds is 3. The van der Waals surface area contributed by atoms with Crippen molar-refractivity contribution in [2.45, 2.75) is 20.3 Å². The van der Waals surface area contributed by atoms with Crippen LogP contribution >= 0.6 is 0 Å². The molecular formula is C9H14N2O. The van der Waals surface area contributed by atoms with E-state index in [9.17, 15) is 0 Å². The molecule has 66 valence electrons. The SMILES string of the molecule is CC(C)(CO)Cc1cncnc1. The minimum atomic E-state index is -0.0787. The molecule has 0 aliphatic rings. The van der Waals surface area contributed by atoms with Crippen LogP contribution in [0, 0.1) is 5.41 Å². The lowest BCUT2D eigenvalue weighted by Crippen LogP contribution is -2.19. The fourth-order valence-electron chi connectivity index (χ4n) is 1.03. The highest BCUT2D eigenvalue weighted by Gasteiger charge is 2.16. The summed E-state index contributed by atoms with van der Waals surface area (Å²) in [5.74, 6) is 0. The van der Waals surface area contributed by atoms with Crippen LogP contribution in [0.3, 0.4) is 0 Å². The van der Waals surface area contributed by atoms with Crippen LogP contribution in [0.25, 0.3) is 0 Å². The first-order chi connectivity index (χ1) is 5.64. The molecular weight excluding hydrogens is 152 g/mol. The van der Waals surface area contributed by atoms with Crippen molar-refractivity contribution in [1.82, 2.24) is 9.97 Å². The van der Waals surface area contributed by atoms with Crippen molar-refractivity contribution in [3.8, 4) is 0 Å². The minimum Gasteiger partial charge on any atom is -0.396 e. The van der Waals surface area contributed by atoms with Gasteiger partial charge in [-0.15, -0.1) is 0 Å². The van der Waals surface area contributed by atoms with Crippen molar-refractivity contribution >= 4 is 0 Å². The van der Waals surface area contributed by atoms with Gasteiger partial charge in [-0.25, -0.2) is 9.97 Å². The molecule has 0 aliphatic carbocycles. The molecule has 0 unspecified atom stereocenters. The molecule has 1 aromatic rings. The molecule has 0 amide bonds. The lowest BCUT2D eigenvalue weighted by molar-refractivity contribution is 0.159. The van der Waals surface area contributed by atoms with E-state index in [1.807, 2.05) is 13.8 Å². The fraction of sp³-hybridized carbons (Fsp3) is 0.556. The van der Waals surface area contributed by atoms with E-state index in [4.69, 9.17) is 5.11 Å². The first kappa shape index (κ1) is 9.13. The third-order valence-electron chi connectivity index (χ3n) is 1.72. The molecule has 3 heteroatoms. The maximum Gasteiger partial charge on any atom is 0.115 e. The molecule has 0 radical (unpaired) electrons. The van der Waals surface area contributed by atoms with E-state index in [1.54, 1.807) is 12.4 Å². The summed E-state index contributed by atoms with van der Waals surface area (Å²) in [6, 6.07) is 0. The van der Waals surface area contributed by atoms with E-state index in [-0.39, 0.29) is 12.0 Å². The van der Waals surface area contributed by atoms with Crippen molar-refractivity contribution in [2.24, 2.45) is 5.41 Å². The summed E-state index contributed by atoms with van der Waals surface area (Å²) in [7, 11) is 0. The van der Waals surface area contributed by atoms with Gasteiger partial charge in [0.2, 0.25) is 0 Å². The summed E-state index contributed by atoms with van der Waals surface area (Å²) in [6.07, 6.45) is 5.88. The predicted octanol–water partition coefficient (Wildman–Crippen LogP) is 1.04. The molecule has 0 aromatic carbocycles. The molecule has 1 heterocycles. The van der Waals surface area contributed by atoms with Gasteiger partial charge in [0.25, 0.3) is 0 Å². The minimum absolute atomic E-state index is 0.0787. The lowest BCUT2D eigenvalue weighted by atomic mass is 9.88. The van der Waals surface area contributed by atoms with Gasteiger partial charge in [0.1, 0.15) is 6.33 Å². The van der Waals surface area contributed by atoms with Gasteiger partial charge in [-0.2, -0.15) is 0 Å². The van der Waals surface area contributed by atoms with Gasteiger partial charge in [0.05, 0.1) is 0 Å². The van der Waals surface area contributed by atoms with Crippen LogP contribution in [0.1, 0.15) is 19.4 Å². The second-order valence-corrected chi connectivity index (χ2v) is 3.75. The van der Waals surface area contributed by atoms with E-state index >= 15 is 0 Å². The first-order valence-electron chi connectivity index (χ1n) is 3.99. The highest BCUT2D eigenvalue weighted by atomic mass is 16.3. The molecule has 0 fully saturated rings.